The molecule has 1 unspecified atom stereocenters. The van der Waals surface area contributed by atoms with Gasteiger partial charge < -0.3 is 19.6 Å². The molecule has 35 heavy (non-hydrogen) atoms. The molecule has 4 aromatic rings. The van der Waals surface area contributed by atoms with Gasteiger partial charge in [0.1, 0.15) is 28.7 Å². The summed E-state index contributed by atoms with van der Waals surface area (Å²) >= 11 is 0. The van der Waals surface area contributed by atoms with Crippen molar-refractivity contribution in [1.82, 2.24) is 0 Å². The van der Waals surface area contributed by atoms with Gasteiger partial charge in [-0.25, -0.2) is 4.79 Å². The fourth-order valence-electron chi connectivity index (χ4n) is 4.43. The van der Waals surface area contributed by atoms with Crippen LogP contribution in [0.1, 0.15) is 49.9 Å². The van der Waals surface area contributed by atoms with Crippen molar-refractivity contribution in [1.29, 1.82) is 5.26 Å². The fraction of sp³-hybridized carbons (Fsp3) is 0.172. The van der Waals surface area contributed by atoms with Crippen molar-refractivity contribution in [3.63, 3.8) is 0 Å². The summed E-state index contributed by atoms with van der Waals surface area (Å²) < 4.78 is 17.2. The minimum absolute atomic E-state index is 0.0351. The molecule has 6 nitrogen and oxygen atoms in total. The van der Waals surface area contributed by atoms with Gasteiger partial charge in [0.15, 0.2) is 0 Å². The average Bonchev–Trinajstić information content (AvgIpc) is 3.14. The molecule has 1 aliphatic heterocycles. The molecule has 2 N–H and O–H groups in total. The van der Waals surface area contributed by atoms with E-state index in [1.165, 1.54) is 0 Å². The molecule has 174 valence electrons. The molecule has 0 spiro atoms. The van der Waals surface area contributed by atoms with Crippen LogP contribution in [0.5, 0.6) is 11.5 Å². The molecular formula is C29H24N2O4. The second-order valence-corrected chi connectivity index (χ2v) is 8.91. The Labute approximate surface area is 203 Å². The molecule has 1 aliphatic rings. The molecule has 5 rings (SSSR count). The molecule has 0 saturated carbocycles. The number of furan rings is 1. The van der Waals surface area contributed by atoms with Crippen molar-refractivity contribution in [2.45, 2.75) is 33.6 Å². The van der Waals surface area contributed by atoms with E-state index in [0.717, 1.165) is 38.8 Å². The second kappa shape index (κ2) is 8.37. The zero-order valence-corrected chi connectivity index (χ0v) is 19.9. The fourth-order valence-corrected chi connectivity index (χ4v) is 4.43. The molecule has 0 fully saturated rings. The monoisotopic (exact) mass is 464 g/mol. The lowest BCUT2D eigenvalue weighted by atomic mass is 9.83. The van der Waals surface area contributed by atoms with E-state index in [1.807, 2.05) is 64.1 Å². The second-order valence-electron chi connectivity index (χ2n) is 8.91. The number of rotatable bonds is 3. The molecule has 3 aromatic carbocycles. The molecule has 0 saturated heterocycles. The third kappa shape index (κ3) is 3.81. The van der Waals surface area contributed by atoms with E-state index in [2.05, 4.69) is 6.07 Å². The normalized spacial score (nSPS) is 14.9. The van der Waals surface area contributed by atoms with Crippen LogP contribution in [-0.4, -0.2) is 5.97 Å². The molecule has 0 radical (unpaired) electrons. The SMILES string of the molecule is Cc1ccc(C2C(C#N)=C(N)Oc3cc(OC(=O)c4oc5cc(C)c(C)cc5c4C)ccc32)cc1. The van der Waals surface area contributed by atoms with E-state index in [0.29, 0.717) is 16.9 Å². The number of carbonyl (C=O) groups is 1. The zero-order valence-electron chi connectivity index (χ0n) is 19.9. The number of esters is 1. The highest BCUT2D eigenvalue weighted by Gasteiger charge is 2.31. The van der Waals surface area contributed by atoms with E-state index in [-0.39, 0.29) is 23.3 Å². The van der Waals surface area contributed by atoms with Gasteiger partial charge in [-0.2, -0.15) is 5.26 Å². The van der Waals surface area contributed by atoms with Gasteiger partial charge in [-0.1, -0.05) is 35.9 Å². The number of hydrogen-bond donors (Lipinski definition) is 1. The summed E-state index contributed by atoms with van der Waals surface area (Å²) in [5.41, 5.74) is 12.8. The van der Waals surface area contributed by atoms with Gasteiger partial charge in [-0.05, 0) is 62.6 Å². The van der Waals surface area contributed by atoms with Crippen molar-refractivity contribution in [3.05, 3.63) is 105 Å². The highest BCUT2D eigenvalue weighted by Crippen LogP contribution is 2.43. The Balaban J connectivity index is 1.49. The maximum absolute atomic E-state index is 13.0. The van der Waals surface area contributed by atoms with Crippen molar-refractivity contribution >= 4 is 16.9 Å². The van der Waals surface area contributed by atoms with Gasteiger partial charge >= 0.3 is 5.97 Å². The number of benzene rings is 3. The van der Waals surface area contributed by atoms with Crippen molar-refractivity contribution in [2.24, 2.45) is 5.73 Å². The molecule has 6 heteroatoms. The van der Waals surface area contributed by atoms with E-state index in [1.54, 1.807) is 18.2 Å². The van der Waals surface area contributed by atoms with Gasteiger partial charge in [0.2, 0.25) is 11.6 Å². The molecule has 0 bridgehead atoms. The number of carbonyl (C=O) groups excluding carboxylic acids is 1. The maximum Gasteiger partial charge on any atom is 0.379 e. The first-order valence-corrected chi connectivity index (χ1v) is 11.3. The summed E-state index contributed by atoms with van der Waals surface area (Å²) in [6.45, 7) is 7.87. The third-order valence-electron chi connectivity index (χ3n) is 6.55. The lowest BCUT2D eigenvalue weighted by Gasteiger charge is -2.26. The van der Waals surface area contributed by atoms with Crippen LogP contribution in [0.15, 0.2) is 70.5 Å². The number of ether oxygens (including phenoxy) is 2. The summed E-state index contributed by atoms with van der Waals surface area (Å²) in [6.07, 6.45) is 0. The zero-order chi connectivity index (χ0) is 24.9. The lowest BCUT2D eigenvalue weighted by Crippen LogP contribution is -2.21. The Morgan fingerprint density at radius 2 is 1.71 bits per heavy atom. The number of aryl methyl sites for hydroxylation is 4. The number of nitriles is 1. The van der Waals surface area contributed by atoms with Gasteiger partial charge in [-0.3, -0.25) is 0 Å². The Morgan fingerprint density at radius 1 is 1.00 bits per heavy atom. The van der Waals surface area contributed by atoms with Gasteiger partial charge in [-0.15, -0.1) is 0 Å². The molecule has 1 aromatic heterocycles. The summed E-state index contributed by atoms with van der Waals surface area (Å²) in [6, 6.07) is 19.1. The highest BCUT2D eigenvalue weighted by molar-refractivity contribution is 5.97. The first-order valence-electron chi connectivity index (χ1n) is 11.3. The van der Waals surface area contributed by atoms with Crippen LogP contribution in [0.2, 0.25) is 0 Å². The summed E-state index contributed by atoms with van der Waals surface area (Å²) in [7, 11) is 0. The Bertz CT molecular complexity index is 1570. The summed E-state index contributed by atoms with van der Waals surface area (Å²) in [5, 5.41) is 10.6. The van der Waals surface area contributed by atoms with Crippen LogP contribution in [-0.2, 0) is 0 Å². The first-order chi connectivity index (χ1) is 16.8. The lowest BCUT2D eigenvalue weighted by molar-refractivity contribution is 0.0702. The number of nitrogens with zero attached hydrogens (tertiary/aromatic N) is 1. The predicted octanol–water partition coefficient (Wildman–Crippen LogP) is 6.10. The third-order valence-corrected chi connectivity index (χ3v) is 6.55. The minimum atomic E-state index is -0.596. The Morgan fingerprint density at radius 3 is 2.43 bits per heavy atom. The molecule has 0 aliphatic carbocycles. The number of fused-ring (bicyclic) bond motifs is 2. The quantitative estimate of drug-likeness (QED) is 0.290. The topological polar surface area (TPSA) is 98.5 Å². The molecule has 0 amide bonds. The average molecular weight is 465 g/mol. The van der Waals surface area contributed by atoms with Gasteiger partial charge in [0.25, 0.3) is 0 Å². The van der Waals surface area contributed by atoms with Crippen LogP contribution < -0.4 is 15.2 Å². The Kier molecular flexibility index (Phi) is 5.33. The Hall–Kier alpha value is -4.50. The van der Waals surface area contributed by atoms with Crippen LogP contribution in [0.25, 0.3) is 11.0 Å². The summed E-state index contributed by atoms with van der Waals surface area (Å²) in [5.74, 6) is -0.0543. The standard InChI is InChI=1S/C29H24N2O4/c1-15-5-7-19(8-6-15)26-21-10-9-20(13-25(21)35-28(31)23(26)14-30)33-29(32)27-18(4)22-11-16(2)17(3)12-24(22)34-27/h5-13,26H,31H2,1-4H3. The summed E-state index contributed by atoms with van der Waals surface area (Å²) in [4.78, 5) is 13.0. The van der Waals surface area contributed by atoms with E-state index < -0.39 is 5.97 Å². The van der Waals surface area contributed by atoms with Crippen molar-refractivity contribution < 1.29 is 18.7 Å². The largest absolute Gasteiger partial charge is 0.449 e. The van der Waals surface area contributed by atoms with Crippen LogP contribution in [0.4, 0.5) is 0 Å². The van der Waals surface area contributed by atoms with E-state index in [4.69, 9.17) is 19.6 Å². The minimum Gasteiger partial charge on any atom is -0.449 e. The van der Waals surface area contributed by atoms with Crippen molar-refractivity contribution in [3.8, 4) is 17.6 Å². The smallest absolute Gasteiger partial charge is 0.379 e. The van der Waals surface area contributed by atoms with Gasteiger partial charge in [0, 0.05) is 22.6 Å². The van der Waals surface area contributed by atoms with Crippen LogP contribution >= 0.6 is 0 Å². The number of nitrogens with two attached hydrogens (primary N) is 1. The first kappa shape index (κ1) is 22.3. The van der Waals surface area contributed by atoms with Crippen LogP contribution in [0, 0.1) is 39.0 Å². The maximum atomic E-state index is 13.0. The number of allylic oxidation sites excluding steroid dienone is 1. The highest BCUT2D eigenvalue weighted by atomic mass is 16.5. The van der Waals surface area contributed by atoms with E-state index in [9.17, 15) is 10.1 Å². The van der Waals surface area contributed by atoms with Gasteiger partial charge in [0.05, 0.1) is 5.92 Å². The molecule has 1 atom stereocenters. The van der Waals surface area contributed by atoms with Crippen LogP contribution in [0.3, 0.4) is 0 Å². The molecular weight excluding hydrogens is 440 g/mol. The van der Waals surface area contributed by atoms with Crippen molar-refractivity contribution in [2.75, 3.05) is 0 Å². The van der Waals surface area contributed by atoms with E-state index >= 15 is 0 Å². The predicted molar refractivity (Wildman–Crippen MR) is 132 cm³/mol. The molecule has 2 heterocycles. The number of hydrogen-bond acceptors (Lipinski definition) is 6.